The number of rotatable bonds is 4. The van der Waals surface area contributed by atoms with Crippen molar-refractivity contribution in [2.75, 3.05) is 0 Å². The molecule has 0 fully saturated rings. The van der Waals surface area contributed by atoms with E-state index in [1.54, 1.807) is 0 Å². The highest BCUT2D eigenvalue weighted by Crippen LogP contribution is 2.44. The van der Waals surface area contributed by atoms with Gasteiger partial charge in [-0.3, -0.25) is 0 Å². The lowest BCUT2D eigenvalue weighted by atomic mass is 9.91. The van der Waals surface area contributed by atoms with Gasteiger partial charge in [-0.25, -0.2) is 15.0 Å². The Morgan fingerprint density at radius 1 is 0.464 bits per heavy atom. The fourth-order valence-electron chi connectivity index (χ4n) is 8.87. The van der Waals surface area contributed by atoms with Crippen molar-refractivity contribution >= 4 is 77.1 Å². The number of fused-ring (bicyclic) bond motifs is 10. The van der Waals surface area contributed by atoms with Gasteiger partial charge in [0, 0.05) is 38.2 Å². The van der Waals surface area contributed by atoms with Crippen molar-refractivity contribution in [1.29, 1.82) is 0 Å². The van der Waals surface area contributed by atoms with E-state index in [1.807, 2.05) is 12.1 Å². The van der Waals surface area contributed by atoms with E-state index >= 15 is 0 Å². The van der Waals surface area contributed by atoms with Gasteiger partial charge in [-0.2, -0.15) is 0 Å². The van der Waals surface area contributed by atoms with Crippen molar-refractivity contribution in [3.05, 3.63) is 163 Å². The second-order valence-corrected chi connectivity index (χ2v) is 14.9. The Morgan fingerprint density at radius 2 is 1.25 bits per heavy atom. The monoisotopic (exact) mass is 719 g/mol. The Balaban J connectivity index is 1.11. The first kappa shape index (κ1) is 31.3. The van der Waals surface area contributed by atoms with Gasteiger partial charge in [0.25, 0.3) is 0 Å². The minimum atomic E-state index is 0.601. The molecule has 12 rings (SSSR count). The molecule has 0 saturated heterocycles. The van der Waals surface area contributed by atoms with Crippen LogP contribution in [0.2, 0.25) is 0 Å². The maximum atomic E-state index is 6.58. The Morgan fingerprint density at radius 3 is 2.18 bits per heavy atom. The average molecular weight is 720 g/mol. The first-order valence-corrected chi connectivity index (χ1v) is 19.4. The molecule has 0 radical (unpaired) electrons. The Hall–Kier alpha value is -7.11. The maximum absolute atomic E-state index is 6.58. The molecule has 7 aromatic carbocycles. The van der Waals surface area contributed by atoms with Crippen LogP contribution in [0.4, 0.5) is 0 Å². The molecule has 56 heavy (non-hydrogen) atoms. The lowest BCUT2D eigenvalue weighted by molar-refractivity contribution is 0.669. The highest BCUT2D eigenvalue weighted by Gasteiger charge is 2.23. The first-order chi connectivity index (χ1) is 27.7. The van der Waals surface area contributed by atoms with E-state index in [2.05, 4.69) is 140 Å². The molecule has 0 bridgehead atoms. The molecular formula is C51H33N3O2. The van der Waals surface area contributed by atoms with Crippen LogP contribution in [0.15, 0.2) is 154 Å². The molecular weight excluding hydrogens is 687 g/mol. The number of benzene rings is 7. The summed E-state index contributed by atoms with van der Waals surface area (Å²) < 4.78 is 13.1. The third-order valence-electron chi connectivity index (χ3n) is 11.6. The van der Waals surface area contributed by atoms with Crippen molar-refractivity contribution in [3.63, 3.8) is 0 Å². The molecule has 0 saturated carbocycles. The Labute approximate surface area is 322 Å². The number of aryl methyl sites for hydroxylation is 1. The normalized spacial score (nSPS) is 14.1. The van der Waals surface area contributed by atoms with Crippen molar-refractivity contribution < 1.29 is 8.83 Å². The van der Waals surface area contributed by atoms with Crippen LogP contribution >= 0.6 is 0 Å². The van der Waals surface area contributed by atoms with E-state index in [0.717, 1.165) is 103 Å². The summed E-state index contributed by atoms with van der Waals surface area (Å²) in [6.07, 6.45) is 15.1. The van der Waals surface area contributed by atoms with Crippen LogP contribution in [0, 0.1) is 0 Å². The number of allylic oxidation sites excluding steroid dienone is 5. The summed E-state index contributed by atoms with van der Waals surface area (Å²) in [4.78, 5) is 15.9. The summed E-state index contributed by atoms with van der Waals surface area (Å²) in [6, 6.07) is 42.8. The molecule has 3 heterocycles. The minimum absolute atomic E-state index is 0.601. The molecule has 264 valence electrons. The fraction of sp³-hybridized carbons (Fsp3) is 0.0784. The zero-order chi connectivity index (χ0) is 36.7. The van der Waals surface area contributed by atoms with Crippen LogP contribution in [-0.4, -0.2) is 15.0 Å². The average Bonchev–Trinajstić information content (AvgIpc) is 3.82. The quantitative estimate of drug-likeness (QED) is 0.181. The van der Waals surface area contributed by atoms with Crippen LogP contribution in [0.25, 0.3) is 111 Å². The van der Waals surface area contributed by atoms with Gasteiger partial charge in [-0.1, -0.05) is 103 Å². The lowest BCUT2D eigenvalue weighted by Gasteiger charge is -2.16. The highest BCUT2D eigenvalue weighted by molar-refractivity contribution is 6.16. The van der Waals surface area contributed by atoms with Crippen LogP contribution < -0.4 is 0 Å². The van der Waals surface area contributed by atoms with Gasteiger partial charge in [0.1, 0.15) is 22.3 Å². The van der Waals surface area contributed by atoms with E-state index in [9.17, 15) is 0 Å². The van der Waals surface area contributed by atoms with E-state index in [0.29, 0.717) is 17.5 Å². The van der Waals surface area contributed by atoms with Crippen molar-refractivity contribution in [1.82, 2.24) is 15.0 Å². The van der Waals surface area contributed by atoms with E-state index in [-0.39, 0.29) is 0 Å². The molecule has 5 heteroatoms. The summed E-state index contributed by atoms with van der Waals surface area (Å²) in [7, 11) is 0. The van der Waals surface area contributed by atoms with Crippen molar-refractivity contribution in [3.8, 4) is 33.9 Å². The number of para-hydroxylation sites is 1. The van der Waals surface area contributed by atoms with Crippen molar-refractivity contribution in [2.24, 2.45) is 0 Å². The number of hydrogen-bond acceptors (Lipinski definition) is 5. The first-order valence-electron chi connectivity index (χ1n) is 19.4. The highest BCUT2D eigenvalue weighted by atomic mass is 16.3. The van der Waals surface area contributed by atoms with Crippen LogP contribution in [-0.2, 0) is 6.42 Å². The topological polar surface area (TPSA) is 65.0 Å². The van der Waals surface area contributed by atoms with Gasteiger partial charge in [0.05, 0.1) is 0 Å². The maximum Gasteiger partial charge on any atom is 0.165 e. The van der Waals surface area contributed by atoms with E-state index in [4.69, 9.17) is 23.8 Å². The summed E-state index contributed by atoms with van der Waals surface area (Å²) in [5, 5.41) is 9.01. The molecule has 2 aliphatic rings. The molecule has 2 aliphatic carbocycles. The van der Waals surface area contributed by atoms with Gasteiger partial charge in [0.2, 0.25) is 0 Å². The Bertz CT molecular complexity index is 3380. The molecule has 5 nitrogen and oxygen atoms in total. The third-order valence-corrected chi connectivity index (χ3v) is 11.6. The number of furan rings is 2. The third kappa shape index (κ3) is 4.90. The predicted molar refractivity (Wildman–Crippen MR) is 229 cm³/mol. The molecule has 0 N–H and O–H groups in total. The van der Waals surface area contributed by atoms with Gasteiger partial charge >= 0.3 is 0 Å². The van der Waals surface area contributed by atoms with Crippen LogP contribution in [0.5, 0.6) is 0 Å². The van der Waals surface area contributed by atoms with Gasteiger partial charge in [-0.05, 0) is 118 Å². The van der Waals surface area contributed by atoms with Gasteiger partial charge in [0.15, 0.2) is 17.5 Å². The van der Waals surface area contributed by atoms with Crippen molar-refractivity contribution in [2.45, 2.75) is 25.7 Å². The number of hydrogen-bond donors (Lipinski definition) is 0. The fourth-order valence-corrected chi connectivity index (χ4v) is 8.87. The molecule has 0 amide bonds. The second-order valence-electron chi connectivity index (χ2n) is 14.9. The zero-order valence-corrected chi connectivity index (χ0v) is 30.4. The number of nitrogens with zero attached hydrogens (tertiary/aromatic N) is 3. The lowest BCUT2D eigenvalue weighted by Crippen LogP contribution is -2.04. The molecule has 10 aromatic rings. The molecule has 0 unspecified atom stereocenters. The smallest absolute Gasteiger partial charge is 0.165 e. The number of aromatic nitrogens is 3. The second kappa shape index (κ2) is 12.2. The zero-order valence-electron chi connectivity index (χ0n) is 30.4. The Kier molecular flexibility index (Phi) is 6.81. The SMILES string of the molecule is C1=CC(c2nc(-c3ccc4c5c(ccc4c3)C=CCC5)nc(-c3c(-c4ccc5c(c4)oc4cc6ccccc6cc45)ccc4oc5ccccc5c34)n2)=CCC1. The van der Waals surface area contributed by atoms with E-state index in [1.165, 1.54) is 27.3 Å². The van der Waals surface area contributed by atoms with Gasteiger partial charge in [-0.15, -0.1) is 0 Å². The summed E-state index contributed by atoms with van der Waals surface area (Å²) in [6.45, 7) is 0. The summed E-state index contributed by atoms with van der Waals surface area (Å²) >= 11 is 0. The van der Waals surface area contributed by atoms with Gasteiger partial charge < -0.3 is 8.83 Å². The molecule has 0 atom stereocenters. The molecule has 0 aliphatic heterocycles. The standard InChI is InChI=1S/C51H33N3O2/c1-2-11-31(12-3-1)49-52-50(36-21-22-38-34(26-36)19-18-30-10-6-7-15-37(30)38)54-51(53-49)48-39(24-25-44-47(48)41-16-8-9-17-43(41)55-44)35-20-23-40-42-27-32-13-4-5-14-33(32)28-46(42)56-45(40)29-35/h2,4-6,8-14,16-29H,1,3,7,15H2. The molecule has 0 spiro atoms. The minimum Gasteiger partial charge on any atom is -0.456 e. The van der Waals surface area contributed by atoms with Crippen LogP contribution in [0.3, 0.4) is 0 Å². The largest absolute Gasteiger partial charge is 0.456 e. The van der Waals surface area contributed by atoms with E-state index < -0.39 is 0 Å². The summed E-state index contributed by atoms with van der Waals surface area (Å²) in [5.74, 6) is 1.90. The summed E-state index contributed by atoms with van der Waals surface area (Å²) in [5.41, 5.74) is 10.9. The predicted octanol–water partition coefficient (Wildman–Crippen LogP) is 13.7. The van der Waals surface area contributed by atoms with Crippen LogP contribution in [0.1, 0.15) is 36.2 Å². The molecule has 3 aromatic heterocycles.